The molecule has 0 fully saturated rings. The van der Waals surface area contributed by atoms with Crippen molar-refractivity contribution in [3.8, 4) is 0 Å². The molecule has 0 atom stereocenters. The fourth-order valence-electron chi connectivity index (χ4n) is 0.624. The van der Waals surface area contributed by atoms with Gasteiger partial charge in [-0.2, -0.15) is 0 Å². The van der Waals surface area contributed by atoms with Crippen LogP contribution in [0.25, 0.3) is 0 Å². The third-order valence-corrected chi connectivity index (χ3v) is 1.06. The van der Waals surface area contributed by atoms with Crippen LogP contribution in [0.4, 0.5) is 0 Å². The monoisotopic (exact) mass is 119 g/mol. The fourth-order valence-corrected chi connectivity index (χ4v) is 0.624. The molecule has 0 aliphatic carbocycles. The van der Waals surface area contributed by atoms with Crippen LogP contribution >= 0.6 is 0 Å². The molecular formula is C6H6BNO. The predicted molar refractivity (Wildman–Crippen MR) is 37.8 cm³/mol. The van der Waals surface area contributed by atoms with Gasteiger partial charge in [-0.3, -0.25) is 9.78 Å². The standard InChI is InChI=1S/C6H6BNO/c7-5-1-2-8-6(3-5)4-9/h1-4H,7H2. The van der Waals surface area contributed by atoms with Crippen molar-refractivity contribution in [1.82, 2.24) is 4.98 Å². The van der Waals surface area contributed by atoms with Crippen LogP contribution < -0.4 is 5.46 Å². The van der Waals surface area contributed by atoms with Crippen molar-refractivity contribution in [1.29, 1.82) is 0 Å². The van der Waals surface area contributed by atoms with E-state index in [0.29, 0.717) is 5.69 Å². The highest BCUT2D eigenvalue weighted by molar-refractivity contribution is 6.32. The van der Waals surface area contributed by atoms with Crippen molar-refractivity contribution in [3.63, 3.8) is 0 Å². The lowest BCUT2D eigenvalue weighted by atomic mass is 9.97. The van der Waals surface area contributed by atoms with Gasteiger partial charge in [-0.1, -0.05) is 11.5 Å². The maximum atomic E-state index is 10.1. The number of rotatable bonds is 1. The number of nitrogens with zero attached hydrogens (tertiary/aromatic N) is 1. The Morgan fingerprint density at radius 2 is 2.44 bits per heavy atom. The van der Waals surface area contributed by atoms with Crippen molar-refractivity contribution >= 4 is 19.6 Å². The average Bonchev–Trinajstić information content (AvgIpc) is 1.88. The molecule has 1 aromatic heterocycles. The summed E-state index contributed by atoms with van der Waals surface area (Å²) in [4.78, 5) is 13.9. The van der Waals surface area contributed by atoms with E-state index in [0.717, 1.165) is 11.7 Å². The highest BCUT2D eigenvalue weighted by atomic mass is 16.1. The van der Waals surface area contributed by atoms with E-state index in [1.54, 1.807) is 12.3 Å². The number of pyridine rings is 1. The van der Waals surface area contributed by atoms with Crippen molar-refractivity contribution in [2.75, 3.05) is 0 Å². The van der Waals surface area contributed by atoms with Gasteiger partial charge in [0.05, 0.1) is 0 Å². The SMILES string of the molecule is Bc1ccnc(C=O)c1. The first-order chi connectivity index (χ1) is 4.33. The number of carbonyl (C=O) groups excluding carboxylic acids is 1. The molecular weight excluding hydrogens is 113 g/mol. The summed E-state index contributed by atoms with van der Waals surface area (Å²) in [6.45, 7) is 0. The Hall–Kier alpha value is -1.12. The van der Waals surface area contributed by atoms with Crippen LogP contribution in [0.5, 0.6) is 0 Å². The topological polar surface area (TPSA) is 30.0 Å². The van der Waals surface area contributed by atoms with Gasteiger partial charge in [0.15, 0.2) is 6.29 Å². The van der Waals surface area contributed by atoms with E-state index in [1.165, 1.54) is 0 Å². The molecule has 9 heavy (non-hydrogen) atoms. The number of hydrogen-bond acceptors (Lipinski definition) is 2. The molecule has 0 bridgehead atoms. The first kappa shape index (κ1) is 6.01. The zero-order chi connectivity index (χ0) is 6.69. The second kappa shape index (κ2) is 2.44. The lowest BCUT2D eigenvalue weighted by molar-refractivity contribution is 0.111. The Labute approximate surface area is 54.3 Å². The average molecular weight is 119 g/mol. The normalized spacial score (nSPS) is 8.89. The molecule has 0 N–H and O–H groups in total. The molecule has 0 radical (unpaired) electrons. The summed E-state index contributed by atoms with van der Waals surface area (Å²) in [7, 11) is 1.93. The molecule has 1 heterocycles. The first-order valence-electron chi connectivity index (χ1n) is 2.71. The minimum Gasteiger partial charge on any atom is -0.296 e. The molecule has 0 aliphatic rings. The number of aromatic nitrogens is 1. The molecule has 1 rings (SSSR count). The van der Waals surface area contributed by atoms with Crippen LogP contribution in [0.3, 0.4) is 0 Å². The lowest BCUT2D eigenvalue weighted by Crippen LogP contribution is -2.03. The van der Waals surface area contributed by atoms with Gasteiger partial charge in [-0.15, -0.1) is 0 Å². The van der Waals surface area contributed by atoms with Crippen molar-refractivity contribution in [3.05, 3.63) is 24.0 Å². The van der Waals surface area contributed by atoms with Gasteiger partial charge in [0.2, 0.25) is 0 Å². The summed E-state index contributed by atoms with van der Waals surface area (Å²) >= 11 is 0. The summed E-state index contributed by atoms with van der Waals surface area (Å²) in [6.07, 6.45) is 2.37. The molecule has 0 aromatic carbocycles. The van der Waals surface area contributed by atoms with Crippen LogP contribution in [0.2, 0.25) is 0 Å². The van der Waals surface area contributed by atoms with Crippen molar-refractivity contribution in [2.24, 2.45) is 0 Å². The smallest absolute Gasteiger partial charge is 0.168 e. The van der Waals surface area contributed by atoms with Gasteiger partial charge >= 0.3 is 0 Å². The molecule has 0 unspecified atom stereocenters. The second-order valence-electron chi connectivity index (χ2n) is 1.88. The Balaban J connectivity index is 3.07. The molecule has 3 heteroatoms. The van der Waals surface area contributed by atoms with Crippen molar-refractivity contribution in [2.45, 2.75) is 0 Å². The van der Waals surface area contributed by atoms with Gasteiger partial charge in [0, 0.05) is 6.20 Å². The zero-order valence-electron chi connectivity index (χ0n) is 5.16. The van der Waals surface area contributed by atoms with E-state index >= 15 is 0 Å². The summed E-state index contributed by atoms with van der Waals surface area (Å²) in [5.41, 5.74) is 1.56. The van der Waals surface area contributed by atoms with Gasteiger partial charge < -0.3 is 0 Å². The number of carbonyl (C=O) groups is 1. The second-order valence-corrected chi connectivity index (χ2v) is 1.88. The van der Waals surface area contributed by atoms with Gasteiger partial charge in [-0.05, 0) is 6.07 Å². The minimum absolute atomic E-state index is 0.495. The third kappa shape index (κ3) is 1.39. The highest BCUT2D eigenvalue weighted by Crippen LogP contribution is 1.82. The Kier molecular flexibility index (Phi) is 1.63. The number of hydrogen-bond donors (Lipinski definition) is 0. The van der Waals surface area contributed by atoms with Crippen LogP contribution in [-0.2, 0) is 0 Å². The Morgan fingerprint density at radius 3 is 2.89 bits per heavy atom. The predicted octanol–water partition coefficient (Wildman–Crippen LogP) is -0.847. The summed E-state index contributed by atoms with van der Waals surface area (Å²) < 4.78 is 0. The Morgan fingerprint density at radius 1 is 1.67 bits per heavy atom. The fraction of sp³-hybridized carbons (Fsp3) is 0. The van der Waals surface area contributed by atoms with Crippen LogP contribution in [0.1, 0.15) is 10.5 Å². The number of aldehydes is 1. The van der Waals surface area contributed by atoms with E-state index in [9.17, 15) is 4.79 Å². The van der Waals surface area contributed by atoms with E-state index < -0.39 is 0 Å². The zero-order valence-corrected chi connectivity index (χ0v) is 5.16. The summed E-state index contributed by atoms with van der Waals surface area (Å²) in [6, 6.07) is 3.60. The van der Waals surface area contributed by atoms with Crippen LogP contribution in [0.15, 0.2) is 18.3 Å². The van der Waals surface area contributed by atoms with Gasteiger partial charge in [0.1, 0.15) is 13.5 Å². The van der Waals surface area contributed by atoms with E-state index in [2.05, 4.69) is 4.98 Å². The van der Waals surface area contributed by atoms with Crippen molar-refractivity contribution < 1.29 is 4.79 Å². The Bertz CT molecular complexity index is 224. The van der Waals surface area contributed by atoms with Crippen LogP contribution in [0, 0.1) is 0 Å². The maximum absolute atomic E-state index is 10.1. The summed E-state index contributed by atoms with van der Waals surface area (Å²) in [5, 5.41) is 0. The van der Waals surface area contributed by atoms with E-state index in [1.807, 2.05) is 13.9 Å². The molecule has 0 saturated heterocycles. The lowest BCUT2D eigenvalue weighted by Gasteiger charge is -1.89. The largest absolute Gasteiger partial charge is 0.296 e. The molecule has 2 nitrogen and oxygen atoms in total. The molecule has 0 amide bonds. The van der Waals surface area contributed by atoms with E-state index in [-0.39, 0.29) is 0 Å². The highest BCUT2D eigenvalue weighted by Gasteiger charge is 1.87. The molecule has 0 saturated carbocycles. The first-order valence-corrected chi connectivity index (χ1v) is 2.71. The van der Waals surface area contributed by atoms with E-state index in [4.69, 9.17) is 0 Å². The van der Waals surface area contributed by atoms with Gasteiger partial charge in [-0.25, -0.2) is 0 Å². The molecule has 44 valence electrons. The van der Waals surface area contributed by atoms with Gasteiger partial charge in [0.25, 0.3) is 0 Å². The molecule has 0 aliphatic heterocycles. The third-order valence-electron chi connectivity index (χ3n) is 1.06. The maximum Gasteiger partial charge on any atom is 0.168 e. The minimum atomic E-state index is 0.495. The quantitative estimate of drug-likeness (QED) is 0.356. The van der Waals surface area contributed by atoms with Crippen LogP contribution in [-0.4, -0.2) is 19.1 Å². The summed E-state index contributed by atoms with van der Waals surface area (Å²) in [5.74, 6) is 0. The molecule has 1 aromatic rings. The molecule has 0 spiro atoms.